The summed E-state index contributed by atoms with van der Waals surface area (Å²) in [6.45, 7) is 2.28. The first kappa shape index (κ1) is 19.5. The van der Waals surface area contributed by atoms with Gasteiger partial charge in [0.2, 0.25) is 5.91 Å². The number of hydrogen-bond acceptors (Lipinski definition) is 3. The highest BCUT2D eigenvalue weighted by Gasteiger charge is 2.29. The fourth-order valence-electron chi connectivity index (χ4n) is 2.95. The minimum absolute atomic E-state index is 0.0353. The molecule has 2 rings (SSSR count). The van der Waals surface area contributed by atoms with Gasteiger partial charge in [-0.25, -0.2) is 4.39 Å². The van der Waals surface area contributed by atoms with Crippen molar-refractivity contribution in [1.29, 1.82) is 0 Å². The Morgan fingerprint density at radius 1 is 1.36 bits per heavy atom. The van der Waals surface area contributed by atoms with E-state index >= 15 is 0 Å². The highest BCUT2D eigenvalue weighted by atomic mass is 19.4. The smallest absolute Gasteiger partial charge is 0.422 e. The number of nitrogens with one attached hydrogen (secondary N) is 2. The SMILES string of the molecule is CC(CC(=O)Nc1ccc(F)cc1OCC(F)(F)F)C1CCNCC1. The summed E-state index contributed by atoms with van der Waals surface area (Å²) in [4.78, 5) is 12.2. The molecule has 1 unspecified atom stereocenters. The van der Waals surface area contributed by atoms with Crippen molar-refractivity contribution in [2.45, 2.75) is 32.4 Å². The van der Waals surface area contributed by atoms with Crippen LogP contribution in [0.5, 0.6) is 5.75 Å². The first-order valence-electron chi connectivity index (χ1n) is 8.24. The number of piperidine rings is 1. The van der Waals surface area contributed by atoms with Crippen molar-refractivity contribution in [3.63, 3.8) is 0 Å². The van der Waals surface area contributed by atoms with E-state index in [-0.39, 0.29) is 29.7 Å². The Morgan fingerprint density at radius 3 is 2.68 bits per heavy atom. The van der Waals surface area contributed by atoms with Gasteiger partial charge in [-0.1, -0.05) is 6.92 Å². The first-order valence-corrected chi connectivity index (χ1v) is 8.24. The Labute approximate surface area is 143 Å². The fourth-order valence-corrected chi connectivity index (χ4v) is 2.95. The Morgan fingerprint density at radius 2 is 2.04 bits per heavy atom. The molecule has 2 N–H and O–H groups in total. The molecule has 0 radical (unpaired) electrons. The van der Waals surface area contributed by atoms with E-state index in [0.717, 1.165) is 38.1 Å². The van der Waals surface area contributed by atoms with Gasteiger partial charge in [-0.3, -0.25) is 4.79 Å². The number of benzene rings is 1. The van der Waals surface area contributed by atoms with Crippen LogP contribution >= 0.6 is 0 Å². The maximum atomic E-state index is 13.3. The van der Waals surface area contributed by atoms with Crippen molar-refractivity contribution in [2.75, 3.05) is 25.0 Å². The average molecular weight is 362 g/mol. The van der Waals surface area contributed by atoms with E-state index in [0.29, 0.717) is 5.92 Å². The van der Waals surface area contributed by atoms with Crippen molar-refractivity contribution >= 4 is 11.6 Å². The summed E-state index contributed by atoms with van der Waals surface area (Å²) in [6, 6.07) is 3.10. The summed E-state index contributed by atoms with van der Waals surface area (Å²) >= 11 is 0. The zero-order valence-electron chi connectivity index (χ0n) is 14.0. The molecule has 1 fully saturated rings. The summed E-state index contributed by atoms with van der Waals surface area (Å²) in [5, 5.41) is 5.79. The van der Waals surface area contributed by atoms with Gasteiger partial charge in [-0.05, 0) is 49.9 Å². The molecule has 0 bridgehead atoms. The third kappa shape index (κ3) is 6.53. The van der Waals surface area contributed by atoms with Gasteiger partial charge < -0.3 is 15.4 Å². The van der Waals surface area contributed by atoms with Crippen molar-refractivity contribution in [3.05, 3.63) is 24.0 Å². The van der Waals surface area contributed by atoms with E-state index in [1.165, 1.54) is 6.07 Å². The quantitative estimate of drug-likeness (QED) is 0.758. The van der Waals surface area contributed by atoms with Gasteiger partial charge in [-0.2, -0.15) is 13.2 Å². The molecular formula is C17H22F4N2O2. The van der Waals surface area contributed by atoms with Crippen LogP contribution < -0.4 is 15.4 Å². The number of carbonyl (C=O) groups is 1. The monoisotopic (exact) mass is 362 g/mol. The van der Waals surface area contributed by atoms with Crippen LogP contribution in [0.2, 0.25) is 0 Å². The van der Waals surface area contributed by atoms with Crippen LogP contribution in [-0.2, 0) is 4.79 Å². The number of carbonyl (C=O) groups excluding carboxylic acids is 1. The topological polar surface area (TPSA) is 50.4 Å². The van der Waals surface area contributed by atoms with E-state index in [4.69, 9.17) is 0 Å². The highest BCUT2D eigenvalue weighted by Crippen LogP contribution is 2.29. The number of amides is 1. The van der Waals surface area contributed by atoms with Crippen molar-refractivity contribution < 1.29 is 27.1 Å². The van der Waals surface area contributed by atoms with Crippen LogP contribution in [-0.4, -0.2) is 31.8 Å². The zero-order chi connectivity index (χ0) is 18.4. The minimum atomic E-state index is -4.54. The summed E-state index contributed by atoms with van der Waals surface area (Å²) in [5.41, 5.74) is 0.0353. The molecule has 1 atom stereocenters. The number of anilines is 1. The molecule has 4 nitrogen and oxygen atoms in total. The van der Waals surface area contributed by atoms with E-state index in [2.05, 4.69) is 15.4 Å². The lowest BCUT2D eigenvalue weighted by atomic mass is 9.84. The molecule has 1 aliphatic heterocycles. The fraction of sp³-hybridized carbons (Fsp3) is 0.588. The molecule has 140 valence electrons. The molecule has 1 saturated heterocycles. The number of halogens is 4. The van der Waals surface area contributed by atoms with E-state index in [9.17, 15) is 22.4 Å². The molecule has 0 aromatic heterocycles. The molecule has 25 heavy (non-hydrogen) atoms. The van der Waals surface area contributed by atoms with Gasteiger partial charge in [-0.15, -0.1) is 0 Å². The summed E-state index contributed by atoms with van der Waals surface area (Å²) in [5.74, 6) is -0.809. The van der Waals surface area contributed by atoms with Crippen molar-refractivity contribution in [2.24, 2.45) is 11.8 Å². The third-order valence-corrected chi connectivity index (χ3v) is 4.31. The van der Waals surface area contributed by atoms with Gasteiger partial charge in [0.1, 0.15) is 11.6 Å². The number of alkyl halides is 3. The molecule has 1 amide bonds. The van der Waals surface area contributed by atoms with Crippen LogP contribution in [0, 0.1) is 17.7 Å². The molecule has 1 heterocycles. The van der Waals surface area contributed by atoms with Gasteiger partial charge in [0.25, 0.3) is 0 Å². The normalized spacial score (nSPS) is 17.2. The van der Waals surface area contributed by atoms with Crippen LogP contribution in [0.3, 0.4) is 0 Å². The predicted octanol–water partition coefficient (Wildman–Crippen LogP) is 3.73. The Bertz CT molecular complexity index is 587. The highest BCUT2D eigenvalue weighted by molar-refractivity contribution is 5.92. The average Bonchev–Trinajstić information content (AvgIpc) is 2.55. The largest absolute Gasteiger partial charge is 0.482 e. The minimum Gasteiger partial charge on any atom is -0.482 e. The predicted molar refractivity (Wildman–Crippen MR) is 86.0 cm³/mol. The van der Waals surface area contributed by atoms with Crippen molar-refractivity contribution in [3.8, 4) is 5.75 Å². The Kier molecular flexibility index (Phi) is 6.64. The van der Waals surface area contributed by atoms with Crippen LogP contribution in [0.15, 0.2) is 18.2 Å². The van der Waals surface area contributed by atoms with E-state index < -0.39 is 18.6 Å². The molecule has 1 aliphatic rings. The second kappa shape index (κ2) is 8.51. The van der Waals surface area contributed by atoms with Gasteiger partial charge in [0.15, 0.2) is 6.61 Å². The molecular weight excluding hydrogens is 340 g/mol. The maximum Gasteiger partial charge on any atom is 0.422 e. The van der Waals surface area contributed by atoms with Crippen LogP contribution in [0.25, 0.3) is 0 Å². The molecule has 0 aliphatic carbocycles. The maximum absolute atomic E-state index is 13.3. The second-order valence-electron chi connectivity index (χ2n) is 6.36. The first-order chi connectivity index (χ1) is 11.7. The van der Waals surface area contributed by atoms with E-state index in [1.54, 1.807) is 0 Å². The Balaban J connectivity index is 1.97. The lowest BCUT2D eigenvalue weighted by Gasteiger charge is -2.28. The Hall–Kier alpha value is -1.83. The summed E-state index contributed by atoms with van der Waals surface area (Å²) < 4.78 is 54.8. The molecule has 0 saturated carbocycles. The van der Waals surface area contributed by atoms with Crippen LogP contribution in [0.4, 0.5) is 23.2 Å². The van der Waals surface area contributed by atoms with E-state index in [1.807, 2.05) is 6.92 Å². The lowest BCUT2D eigenvalue weighted by Crippen LogP contribution is -2.32. The second-order valence-corrected chi connectivity index (χ2v) is 6.36. The number of hydrogen-bond donors (Lipinski definition) is 2. The number of rotatable bonds is 6. The molecule has 1 aromatic carbocycles. The molecule has 1 aromatic rings. The van der Waals surface area contributed by atoms with Gasteiger partial charge in [0, 0.05) is 12.5 Å². The summed E-state index contributed by atoms with van der Waals surface area (Å²) in [7, 11) is 0. The van der Waals surface area contributed by atoms with Crippen LogP contribution in [0.1, 0.15) is 26.2 Å². The molecule has 0 spiro atoms. The van der Waals surface area contributed by atoms with Gasteiger partial charge in [0.05, 0.1) is 5.69 Å². The third-order valence-electron chi connectivity index (χ3n) is 4.31. The van der Waals surface area contributed by atoms with Gasteiger partial charge >= 0.3 is 6.18 Å². The number of ether oxygens (including phenoxy) is 1. The standard InChI is InChI=1S/C17H22F4N2O2/c1-11(12-4-6-22-7-5-12)8-16(24)23-14-3-2-13(18)9-15(14)25-10-17(19,20)21/h2-3,9,11-12,22H,4-8,10H2,1H3,(H,23,24). The summed E-state index contributed by atoms with van der Waals surface area (Å²) in [6.07, 6.45) is -2.31. The lowest BCUT2D eigenvalue weighted by molar-refractivity contribution is -0.153. The van der Waals surface area contributed by atoms with Crippen molar-refractivity contribution in [1.82, 2.24) is 5.32 Å². The zero-order valence-corrected chi connectivity index (χ0v) is 14.0. The molecule has 8 heteroatoms.